The Balaban J connectivity index is 1.56. The molecule has 1 heterocycles. The lowest BCUT2D eigenvalue weighted by Gasteiger charge is -2.13. The number of methoxy groups -OCH3 is 1. The summed E-state index contributed by atoms with van der Waals surface area (Å²) < 4.78 is 13.1. The van der Waals surface area contributed by atoms with E-state index in [9.17, 15) is 4.79 Å². The maximum absolute atomic E-state index is 11.2. The zero-order chi connectivity index (χ0) is 21.3. The van der Waals surface area contributed by atoms with Gasteiger partial charge in [0.25, 0.3) is 0 Å². The van der Waals surface area contributed by atoms with Gasteiger partial charge in [-0.2, -0.15) is 0 Å². The summed E-state index contributed by atoms with van der Waals surface area (Å²) in [4.78, 5) is 15.3. The summed E-state index contributed by atoms with van der Waals surface area (Å²) in [6, 6.07) is 16.7. The van der Waals surface area contributed by atoms with E-state index >= 15 is 0 Å². The second-order valence-corrected chi connectivity index (χ2v) is 7.39. The van der Waals surface area contributed by atoms with Gasteiger partial charge in [0.05, 0.1) is 24.8 Å². The van der Waals surface area contributed by atoms with E-state index in [0.717, 1.165) is 35.5 Å². The average Bonchev–Trinajstić information content (AvgIpc) is 3.18. The molecule has 0 aliphatic heterocycles. The average molecular weight is 408 g/mol. The molecule has 6 heteroatoms. The van der Waals surface area contributed by atoms with Crippen LogP contribution in [0.5, 0.6) is 5.75 Å². The van der Waals surface area contributed by atoms with Gasteiger partial charge in [-0.15, -0.1) is 0 Å². The Morgan fingerprint density at radius 2 is 1.77 bits per heavy atom. The lowest BCUT2D eigenvalue weighted by Crippen LogP contribution is -2.31. The first-order valence-electron chi connectivity index (χ1n) is 10.1. The molecule has 0 radical (unpaired) electrons. The summed E-state index contributed by atoms with van der Waals surface area (Å²) in [5, 5.41) is 2.91. The Labute approximate surface area is 177 Å². The van der Waals surface area contributed by atoms with Gasteiger partial charge in [0.1, 0.15) is 12.4 Å². The van der Waals surface area contributed by atoms with E-state index in [0.29, 0.717) is 13.2 Å². The van der Waals surface area contributed by atoms with E-state index in [4.69, 9.17) is 9.47 Å². The van der Waals surface area contributed by atoms with Crippen molar-refractivity contribution in [3.63, 3.8) is 0 Å². The fourth-order valence-corrected chi connectivity index (χ4v) is 3.35. The van der Waals surface area contributed by atoms with Gasteiger partial charge in [-0.05, 0) is 42.2 Å². The Bertz CT molecular complexity index is 933. The van der Waals surface area contributed by atoms with Gasteiger partial charge in [0.2, 0.25) is 5.91 Å². The van der Waals surface area contributed by atoms with Crippen molar-refractivity contribution in [1.29, 1.82) is 0 Å². The van der Waals surface area contributed by atoms with Gasteiger partial charge in [0.15, 0.2) is 0 Å². The van der Waals surface area contributed by atoms with Crippen molar-refractivity contribution < 1.29 is 14.3 Å². The van der Waals surface area contributed by atoms with Crippen molar-refractivity contribution in [2.75, 3.05) is 13.7 Å². The number of aromatic nitrogens is 2. The van der Waals surface area contributed by atoms with Crippen LogP contribution in [0.15, 0.2) is 61.1 Å². The molecular formula is C24H29N3O3. The normalized spacial score (nSPS) is 11.8. The van der Waals surface area contributed by atoms with Crippen LogP contribution >= 0.6 is 0 Å². The van der Waals surface area contributed by atoms with Crippen LogP contribution in [0, 0.1) is 0 Å². The number of carbonyl (C=O) groups is 1. The predicted octanol–water partition coefficient (Wildman–Crippen LogP) is 3.84. The minimum atomic E-state index is 0.000797. The number of hydrogen-bond acceptors (Lipinski definition) is 4. The molecule has 0 spiro atoms. The van der Waals surface area contributed by atoms with Gasteiger partial charge in [-0.1, -0.05) is 36.4 Å². The molecule has 0 saturated carbocycles. The van der Waals surface area contributed by atoms with Crippen LogP contribution in [-0.2, 0) is 29.1 Å². The molecular weight excluding hydrogens is 378 g/mol. The third-order valence-electron chi connectivity index (χ3n) is 4.85. The van der Waals surface area contributed by atoms with Crippen molar-refractivity contribution in [2.24, 2.45) is 0 Å². The van der Waals surface area contributed by atoms with Crippen LogP contribution in [0.2, 0.25) is 0 Å². The molecule has 0 saturated heterocycles. The first kappa shape index (κ1) is 21.6. The molecule has 30 heavy (non-hydrogen) atoms. The molecule has 1 N–H and O–H groups in total. The SMILES string of the molecule is COCCn1cncc1COc1ccc(-c2ccc(CC(C)NC(C)=O)cc2)cc1. The molecule has 1 amide bonds. The van der Waals surface area contributed by atoms with Crippen LogP contribution < -0.4 is 10.1 Å². The van der Waals surface area contributed by atoms with E-state index < -0.39 is 0 Å². The van der Waals surface area contributed by atoms with Gasteiger partial charge < -0.3 is 19.4 Å². The Morgan fingerprint density at radius 1 is 1.10 bits per heavy atom. The number of amides is 1. The van der Waals surface area contributed by atoms with Gasteiger partial charge >= 0.3 is 0 Å². The monoisotopic (exact) mass is 407 g/mol. The summed E-state index contributed by atoms with van der Waals surface area (Å²) in [5.74, 6) is 0.819. The van der Waals surface area contributed by atoms with Gasteiger partial charge in [-0.3, -0.25) is 4.79 Å². The molecule has 0 bridgehead atoms. The summed E-state index contributed by atoms with van der Waals surface area (Å²) in [5.41, 5.74) is 4.49. The minimum Gasteiger partial charge on any atom is -0.487 e. The molecule has 0 aliphatic carbocycles. The number of benzene rings is 2. The lowest BCUT2D eigenvalue weighted by atomic mass is 10.0. The number of imidazole rings is 1. The number of nitrogens with one attached hydrogen (secondary N) is 1. The predicted molar refractivity (Wildman–Crippen MR) is 117 cm³/mol. The van der Waals surface area contributed by atoms with Gasteiger partial charge in [0, 0.05) is 26.6 Å². The summed E-state index contributed by atoms with van der Waals surface area (Å²) in [6.45, 7) is 5.42. The Hall–Kier alpha value is -3.12. The minimum absolute atomic E-state index is 0.000797. The van der Waals surface area contributed by atoms with Gasteiger partial charge in [-0.25, -0.2) is 4.98 Å². The van der Waals surface area contributed by atoms with Crippen molar-refractivity contribution >= 4 is 5.91 Å². The Kier molecular flexibility index (Phi) is 7.63. The third kappa shape index (κ3) is 6.19. The van der Waals surface area contributed by atoms with Crippen molar-refractivity contribution in [3.8, 4) is 16.9 Å². The highest BCUT2D eigenvalue weighted by molar-refractivity contribution is 5.73. The maximum Gasteiger partial charge on any atom is 0.217 e. The molecule has 2 aromatic carbocycles. The van der Waals surface area contributed by atoms with E-state index in [1.807, 2.05) is 29.8 Å². The quantitative estimate of drug-likeness (QED) is 0.555. The molecule has 1 unspecified atom stereocenters. The zero-order valence-corrected chi connectivity index (χ0v) is 17.8. The summed E-state index contributed by atoms with van der Waals surface area (Å²) >= 11 is 0. The fraction of sp³-hybridized carbons (Fsp3) is 0.333. The standard InChI is InChI=1S/C24H29N3O3/c1-18(26-19(2)28)14-20-4-6-21(7-5-20)22-8-10-24(11-9-22)30-16-23-15-25-17-27(23)12-13-29-3/h4-11,15,17-18H,12-14,16H2,1-3H3,(H,26,28). The highest BCUT2D eigenvalue weighted by Crippen LogP contribution is 2.23. The highest BCUT2D eigenvalue weighted by Gasteiger charge is 2.06. The third-order valence-corrected chi connectivity index (χ3v) is 4.85. The topological polar surface area (TPSA) is 65.4 Å². The zero-order valence-electron chi connectivity index (χ0n) is 17.8. The number of rotatable bonds is 10. The van der Waals surface area contributed by atoms with Crippen LogP contribution in [0.3, 0.4) is 0 Å². The smallest absolute Gasteiger partial charge is 0.217 e. The van der Waals surface area contributed by atoms with Crippen LogP contribution in [0.25, 0.3) is 11.1 Å². The van der Waals surface area contributed by atoms with E-state index in [2.05, 4.69) is 46.7 Å². The molecule has 0 aliphatic rings. The molecule has 3 aromatic rings. The van der Waals surface area contributed by atoms with Crippen LogP contribution in [0.1, 0.15) is 25.1 Å². The first-order valence-corrected chi connectivity index (χ1v) is 10.1. The lowest BCUT2D eigenvalue weighted by molar-refractivity contribution is -0.119. The summed E-state index contributed by atoms with van der Waals surface area (Å²) in [7, 11) is 1.69. The van der Waals surface area contributed by atoms with E-state index in [1.54, 1.807) is 20.4 Å². The van der Waals surface area contributed by atoms with Crippen molar-refractivity contribution in [3.05, 3.63) is 72.3 Å². The first-order chi connectivity index (χ1) is 14.5. The molecule has 1 aromatic heterocycles. The number of nitrogens with zero attached hydrogens (tertiary/aromatic N) is 2. The second-order valence-electron chi connectivity index (χ2n) is 7.39. The van der Waals surface area contributed by atoms with Crippen LogP contribution in [0.4, 0.5) is 0 Å². The number of hydrogen-bond donors (Lipinski definition) is 1. The maximum atomic E-state index is 11.2. The summed E-state index contributed by atoms with van der Waals surface area (Å²) in [6.07, 6.45) is 4.42. The molecule has 6 nitrogen and oxygen atoms in total. The molecule has 158 valence electrons. The van der Waals surface area contributed by atoms with E-state index in [-0.39, 0.29) is 11.9 Å². The Morgan fingerprint density at radius 3 is 2.40 bits per heavy atom. The largest absolute Gasteiger partial charge is 0.487 e. The fourth-order valence-electron chi connectivity index (χ4n) is 3.35. The molecule has 1 atom stereocenters. The number of ether oxygens (including phenoxy) is 2. The highest BCUT2D eigenvalue weighted by atomic mass is 16.5. The van der Waals surface area contributed by atoms with Crippen molar-refractivity contribution in [2.45, 2.75) is 39.5 Å². The van der Waals surface area contributed by atoms with Crippen molar-refractivity contribution in [1.82, 2.24) is 14.9 Å². The number of carbonyl (C=O) groups excluding carboxylic acids is 1. The molecule has 3 rings (SSSR count). The van der Waals surface area contributed by atoms with Crippen LogP contribution in [-0.4, -0.2) is 35.2 Å². The second kappa shape index (κ2) is 10.6. The molecule has 0 fully saturated rings. The van der Waals surface area contributed by atoms with E-state index in [1.165, 1.54) is 5.56 Å².